The Morgan fingerprint density at radius 2 is 1.79 bits per heavy atom. The molecule has 0 aliphatic rings. The van der Waals surface area contributed by atoms with Gasteiger partial charge in [0.05, 0.1) is 12.6 Å². The topological polar surface area (TPSA) is 75.3 Å². The van der Waals surface area contributed by atoms with Gasteiger partial charge in [-0.25, -0.2) is 0 Å². The Kier molecular flexibility index (Phi) is 9.39. The molecule has 1 unspecified atom stereocenters. The van der Waals surface area contributed by atoms with Crippen molar-refractivity contribution in [2.24, 2.45) is 10.9 Å². The summed E-state index contributed by atoms with van der Waals surface area (Å²) in [5.41, 5.74) is 2.44. The number of nitrogens with one attached hydrogen (secondary N) is 2. The predicted molar refractivity (Wildman–Crippen MR) is 125 cm³/mol. The first-order valence-corrected chi connectivity index (χ1v) is 9.58. The van der Waals surface area contributed by atoms with Crippen LogP contribution in [0.25, 0.3) is 0 Å². The molecule has 1 aromatic heterocycles. The largest absolute Gasteiger partial charge is 0.350 e. The fraction of sp³-hybridized carbons (Fsp3) is 0.571. The number of guanidine groups is 1. The van der Waals surface area contributed by atoms with E-state index < -0.39 is 0 Å². The maximum absolute atomic E-state index is 5.32. The number of hydrogen-bond acceptors (Lipinski definition) is 4. The summed E-state index contributed by atoms with van der Waals surface area (Å²) in [6, 6.07) is 8.91. The molecule has 2 rings (SSSR count). The molecule has 6 nitrogen and oxygen atoms in total. The summed E-state index contributed by atoms with van der Waals surface area (Å²) in [6.07, 6.45) is 1.10. The SMILES string of the molecule is CN=C(NCc1noc(C(C)(C)C)n1)NC(C)c1ccc(CC(C)C)cc1.I. The van der Waals surface area contributed by atoms with Crippen LogP contribution in [0.3, 0.4) is 0 Å². The van der Waals surface area contributed by atoms with Crippen molar-refractivity contribution in [1.29, 1.82) is 0 Å². The zero-order chi connectivity index (χ0) is 20.0. The van der Waals surface area contributed by atoms with Crippen LogP contribution in [0.15, 0.2) is 33.8 Å². The Labute approximate surface area is 186 Å². The third-order valence-electron chi connectivity index (χ3n) is 4.22. The summed E-state index contributed by atoms with van der Waals surface area (Å²) in [6.45, 7) is 13.2. The Balaban J connectivity index is 0.00000392. The minimum absolute atomic E-state index is 0. The zero-order valence-corrected chi connectivity index (χ0v) is 20.4. The van der Waals surface area contributed by atoms with Gasteiger partial charge < -0.3 is 15.2 Å². The number of benzene rings is 1. The van der Waals surface area contributed by atoms with E-state index >= 15 is 0 Å². The molecule has 156 valence electrons. The number of rotatable bonds is 6. The lowest BCUT2D eigenvalue weighted by molar-refractivity contribution is 0.318. The first-order chi connectivity index (χ1) is 12.7. The van der Waals surface area contributed by atoms with Gasteiger partial charge in [0.1, 0.15) is 0 Å². The number of hydrogen-bond donors (Lipinski definition) is 2. The molecular formula is C21H34IN5O. The summed E-state index contributed by atoms with van der Waals surface area (Å²) in [5.74, 6) is 2.62. The highest BCUT2D eigenvalue weighted by Crippen LogP contribution is 2.19. The standard InChI is InChI=1S/C21H33N5O.HI/c1-14(2)12-16-8-10-17(11-9-16)15(3)24-20(22-7)23-13-18-25-19(27-26-18)21(4,5)6;/h8-11,14-15H,12-13H2,1-7H3,(H2,22,23,24);1H. The van der Waals surface area contributed by atoms with Crippen molar-refractivity contribution in [1.82, 2.24) is 20.8 Å². The third kappa shape index (κ3) is 7.41. The highest BCUT2D eigenvalue weighted by Gasteiger charge is 2.21. The molecule has 0 bridgehead atoms. The lowest BCUT2D eigenvalue weighted by Gasteiger charge is -2.18. The summed E-state index contributed by atoms with van der Waals surface area (Å²) < 4.78 is 5.32. The molecule has 1 aromatic carbocycles. The fourth-order valence-electron chi connectivity index (χ4n) is 2.69. The number of aromatic nitrogens is 2. The normalized spacial score (nSPS) is 13.2. The van der Waals surface area contributed by atoms with Crippen molar-refractivity contribution >= 4 is 29.9 Å². The highest BCUT2D eigenvalue weighted by atomic mass is 127. The van der Waals surface area contributed by atoms with E-state index in [2.05, 4.69) is 70.8 Å². The van der Waals surface area contributed by atoms with E-state index in [1.807, 2.05) is 20.8 Å². The van der Waals surface area contributed by atoms with Crippen molar-refractivity contribution in [3.63, 3.8) is 0 Å². The molecular weight excluding hydrogens is 465 g/mol. The van der Waals surface area contributed by atoms with Gasteiger partial charge in [-0.05, 0) is 30.4 Å². The molecule has 0 aliphatic carbocycles. The molecule has 2 N–H and O–H groups in total. The molecule has 0 amide bonds. The predicted octanol–water partition coefficient (Wildman–Crippen LogP) is 4.61. The molecule has 1 heterocycles. The van der Waals surface area contributed by atoms with E-state index in [-0.39, 0.29) is 35.4 Å². The van der Waals surface area contributed by atoms with Crippen LogP contribution >= 0.6 is 24.0 Å². The molecule has 0 fully saturated rings. The fourth-order valence-corrected chi connectivity index (χ4v) is 2.69. The summed E-state index contributed by atoms with van der Waals surface area (Å²) in [4.78, 5) is 8.72. The van der Waals surface area contributed by atoms with Crippen LogP contribution < -0.4 is 10.6 Å². The Morgan fingerprint density at radius 1 is 1.14 bits per heavy atom. The quantitative estimate of drug-likeness (QED) is 0.345. The zero-order valence-electron chi connectivity index (χ0n) is 18.0. The Hall–Kier alpha value is -1.64. The highest BCUT2D eigenvalue weighted by molar-refractivity contribution is 14.0. The van der Waals surface area contributed by atoms with Crippen molar-refractivity contribution in [3.8, 4) is 0 Å². The van der Waals surface area contributed by atoms with Crippen molar-refractivity contribution in [2.75, 3.05) is 7.05 Å². The first kappa shape index (κ1) is 24.4. The van der Waals surface area contributed by atoms with Gasteiger partial charge in [-0.2, -0.15) is 4.98 Å². The van der Waals surface area contributed by atoms with Crippen molar-refractivity contribution < 1.29 is 4.52 Å². The van der Waals surface area contributed by atoms with Gasteiger partial charge in [-0.3, -0.25) is 4.99 Å². The molecule has 0 spiro atoms. The smallest absolute Gasteiger partial charge is 0.232 e. The lowest BCUT2D eigenvalue weighted by Crippen LogP contribution is -2.38. The number of aliphatic imine (C=N–C) groups is 1. The third-order valence-corrected chi connectivity index (χ3v) is 4.22. The Bertz CT molecular complexity index is 747. The first-order valence-electron chi connectivity index (χ1n) is 9.58. The average Bonchev–Trinajstić information content (AvgIpc) is 3.08. The molecule has 7 heteroatoms. The van der Waals surface area contributed by atoms with Gasteiger partial charge in [0.25, 0.3) is 0 Å². The molecule has 2 aromatic rings. The summed E-state index contributed by atoms with van der Waals surface area (Å²) in [5, 5.41) is 10.7. The monoisotopic (exact) mass is 499 g/mol. The van der Waals surface area contributed by atoms with E-state index in [4.69, 9.17) is 4.52 Å². The molecule has 0 saturated carbocycles. The maximum Gasteiger partial charge on any atom is 0.232 e. The average molecular weight is 499 g/mol. The van der Waals surface area contributed by atoms with Gasteiger partial charge in [-0.15, -0.1) is 24.0 Å². The number of halogens is 1. The van der Waals surface area contributed by atoms with Crippen molar-refractivity contribution in [2.45, 2.75) is 66.0 Å². The van der Waals surface area contributed by atoms with Crippen LogP contribution in [0.1, 0.15) is 70.4 Å². The van der Waals surface area contributed by atoms with Gasteiger partial charge >= 0.3 is 0 Å². The van der Waals surface area contributed by atoms with Gasteiger partial charge in [0, 0.05) is 12.5 Å². The second-order valence-corrected chi connectivity index (χ2v) is 8.40. The van der Waals surface area contributed by atoms with E-state index in [0.29, 0.717) is 30.1 Å². The Morgan fingerprint density at radius 3 is 2.29 bits per heavy atom. The minimum atomic E-state index is -0.151. The van der Waals surface area contributed by atoms with E-state index in [1.54, 1.807) is 7.05 Å². The van der Waals surface area contributed by atoms with E-state index in [1.165, 1.54) is 11.1 Å². The van der Waals surface area contributed by atoms with Crippen LogP contribution in [0.4, 0.5) is 0 Å². The molecule has 0 aliphatic heterocycles. The maximum atomic E-state index is 5.32. The van der Waals surface area contributed by atoms with Crippen LogP contribution in [0.2, 0.25) is 0 Å². The van der Waals surface area contributed by atoms with Gasteiger partial charge in [-0.1, -0.05) is 64.0 Å². The summed E-state index contributed by atoms with van der Waals surface area (Å²) >= 11 is 0. The molecule has 1 atom stereocenters. The van der Waals surface area contributed by atoms with E-state index in [9.17, 15) is 0 Å². The van der Waals surface area contributed by atoms with E-state index in [0.717, 1.165) is 6.42 Å². The van der Waals surface area contributed by atoms with Crippen LogP contribution in [0, 0.1) is 5.92 Å². The summed E-state index contributed by atoms with van der Waals surface area (Å²) in [7, 11) is 1.75. The number of nitrogens with zero attached hydrogens (tertiary/aromatic N) is 3. The second kappa shape index (κ2) is 10.8. The lowest BCUT2D eigenvalue weighted by atomic mass is 9.97. The van der Waals surface area contributed by atoms with Crippen LogP contribution in [-0.2, 0) is 18.4 Å². The van der Waals surface area contributed by atoms with Crippen LogP contribution in [0.5, 0.6) is 0 Å². The minimum Gasteiger partial charge on any atom is -0.350 e. The second-order valence-electron chi connectivity index (χ2n) is 8.40. The molecule has 0 saturated heterocycles. The molecule has 0 radical (unpaired) electrons. The molecule has 28 heavy (non-hydrogen) atoms. The van der Waals surface area contributed by atoms with Gasteiger partial charge in [0.15, 0.2) is 11.8 Å². The van der Waals surface area contributed by atoms with Gasteiger partial charge in [0.2, 0.25) is 5.89 Å². The van der Waals surface area contributed by atoms with Crippen molar-refractivity contribution in [3.05, 3.63) is 47.1 Å². The van der Waals surface area contributed by atoms with Crippen LogP contribution in [-0.4, -0.2) is 23.1 Å².